The van der Waals surface area contributed by atoms with Crippen molar-refractivity contribution in [2.24, 2.45) is 0 Å². The molecule has 1 aromatic carbocycles. The van der Waals surface area contributed by atoms with Crippen LogP contribution in [-0.2, 0) is 4.79 Å². The summed E-state index contributed by atoms with van der Waals surface area (Å²) < 4.78 is 0. The molecule has 92 valence electrons. The van der Waals surface area contributed by atoms with Gasteiger partial charge in [-0.25, -0.2) is 14.6 Å². The molecule has 3 N–H and O–H groups in total. The number of urea groups is 1. The molecule has 1 aromatic rings. The first kappa shape index (κ1) is 13.0. The van der Waals surface area contributed by atoms with Crippen molar-refractivity contribution in [3.63, 3.8) is 0 Å². The van der Waals surface area contributed by atoms with E-state index in [4.69, 9.17) is 5.11 Å². The SMILES string of the molecule is CN(C)NC(=O)N[C@H](C(=O)O)c1ccccc1. The van der Waals surface area contributed by atoms with E-state index < -0.39 is 18.0 Å². The third-order valence-electron chi connectivity index (χ3n) is 1.98. The molecule has 1 atom stereocenters. The van der Waals surface area contributed by atoms with Crippen LogP contribution in [0.25, 0.3) is 0 Å². The number of hydrogen-bond donors (Lipinski definition) is 3. The van der Waals surface area contributed by atoms with Gasteiger partial charge in [0, 0.05) is 14.1 Å². The number of hydrazine groups is 1. The summed E-state index contributed by atoms with van der Waals surface area (Å²) in [5, 5.41) is 12.9. The van der Waals surface area contributed by atoms with Gasteiger partial charge < -0.3 is 10.4 Å². The lowest BCUT2D eigenvalue weighted by Gasteiger charge is -2.17. The highest BCUT2D eigenvalue weighted by Gasteiger charge is 2.21. The van der Waals surface area contributed by atoms with Gasteiger partial charge in [-0.1, -0.05) is 30.3 Å². The molecule has 1 rings (SSSR count). The molecule has 0 saturated heterocycles. The van der Waals surface area contributed by atoms with E-state index in [2.05, 4.69) is 10.7 Å². The molecular formula is C11H15N3O3. The monoisotopic (exact) mass is 237 g/mol. The number of carboxylic acids is 1. The van der Waals surface area contributed by atoms with E-state index in [0.717, 1.165) is 0 Å². The van der Waals surface area contributed by atoms with Crippen LogP contribution in [0, 0.1) is 0 Å². The zero-order chi connectivity index (χ0) is 12.8. The molecule has 0 radical (unpaired) electrons. The van der Waals surface area contributed by atoms with Crippen molar-refractivity contribution in [2.75, 3.05) is 14.1 Å². The zero-order valence-electron chi connectivity index (χ0n) is 9.68. The van der Waals surface area contributed by atoms with Gasteiger partial charge in [-0.2, -0.15) is 0 Å². The fraction of sp³-hybridized carbons (Fsp3) is 0.273. The molecule has 0 fully saturated rings. The lowest BCUT2D eigenvalue weighted by Crippen LogP contribution is -2.46. The Kier molecular flexibility index (Phi) is 4.47. The predicted octanol–water partition coefficient (Wildman–Crippen LogP) is 0.588. The molecule has 0 bridgehead atoms. The second-order valence-corrected chi connectivity index (χ2v) is 3.66. The third kappa shape index (κ3) is 4.12. The maximum Gasteiger partial charge on any atom is 0.330 e. The third-order valence-corrected chi connectivity index (χ3v) is 1.98. The van der Waals surface area contributed by atoms with Crippen LogP contribution in [0.4, 0.5) is 4.79 Å². The van der Waals surface area contributed by atoms with Crippen molar-refractivity contribution in [1.82, 2.24) is 15.8 Å². The van der Waals surface area contributed by atoms with Gasteiger partial charge in [0.15, 0.2) is 6.04 Å². The van der Waals surface area contributed by atoms with Gasteiger partial charge in [-0.05, 0) is 5.56 Å². The van der Waals surface area contributed by atoms with Crippen molar-refractivity contribution in [2.45, 2.75) is 6.04 Å². The first-order valence-electron chi connectivity index (χ1n) is 5.03. The summed E-state index contributed by atoms with van der Waals surface area (Å²) in [6.45, 7) is 0. The second kappa shape index (κ2) is 5.86. The van der Waals surface area contributed by atoms with E-state index in [1.165, 1.54) is 5.01 Å². The van der Waals surface area contributed by atoms with Crippen LogP contribution in [-0.4, -0.2) is 36.2 Å². The van der Waals surface area contributed by atoms with Crippen molar-refractivity contribution in [3.8, 4) is 0 Å². The van der Waals surface area contributed by atoms with Crippen molar-refractivity contribution >= 4 is 12.0 Å². The summed E-state index contributed by atoms with van der Waals surface area (Å²) in [5.41, 5.74) is 2.94. The van der Waals surface area contributed by atoms with Crippen LogP contribution in [0.2, 0.25) is 0 Å². The van der Waals surface area contributed by atoms with Crippen LogP contribution < -0.4 is 10.7 Å². The summed E-state index contributed by atoms with van der Waals surface area (Å²) in [5.74, 6) is -1.11. The summed E-state index contributed by atoms with van der Waals surface area (Å²) in [7, 11) is 3.27. The highest BCUT2D eigenvalue weighted by Crippen LogP contribution is 2.12. The average molecular weight is 237 g/mol. The van der Waals surface area contributed by atoms with Gasteiger partial charge in [-0.3, -0.25) is 5.43 Å². The van der Waals surface area contributed by atoms with E-state index >= 15 is 0 Å². The molecule has 0 aliphatic heterocycles. The predicted molar refractivity (Wildman–Crippen MR) is 62.2 cm³/mol. The number of aliphatic carboxylic acids is 1. The molecule has 6 heteroatoms. The Morgan fingerprint density at radius 3 is 2.29 bits per heavy atom. The van der Waals surface area contributed by atoms with Gasteiger partial charge in [0.25, 0.3) is 0 Å². The molecule has 2 amide bonds. The molecule has 0 aromatic heterocycles. The molecular weight excluding hydrogens is 222 g/mol. The smallest absolute Gasteiger partial charge is 0.330 e. The van der Waals surface area contributed by atoms with Gasteiger partial charge in [0.2, 0.25) is 0 Å². The Morgan fingerprint density at radius 1 is 1.24 bits per heavy atom. The molecule has 6 nitrogen and oxygen atoms in total. The molecule has 0 spiro atoms. The van der Waals surface area contributed by atoms with Gasteiger partial charge in [0.1, 0.15) is 0 Å². The van der Waals surface area contributed by atoms with E-state index in [9.17, 15) is 9.59 Å². The van der Waals surface area contributed by atoms with Crippen LogP contribution in [0.5, 0.6) is 0 Å². The number of nitrogens with one attached hydrogen (secondary N) is 2. The first-order chi connectivity index (χ1) is 8.00. The minimum atomic E-state index is -1.11. The number of carbonyl (C=O) groups is 2. The Morgan fingerprint density at radius 2 is 1.82 bits per heavy atom. The maximum absolute atomic E-state index is 11.4. The first-order valence-corrected chi connectivity index (χ1v) is 5.03. The maximum atomic E-state index is 11.4. The van der Waals surface area contributed by atoms with Gasteiger partial charge in [0.05, 0.1) is 0 Å². The normalized spacial score (nSPS) is 11.9. The molecule has 17 heavy (non-hydrogen) atoms. The number of hydrogen-bond acceptors (Lipinski definition) is 3. The molecule has 0 unspecified atom stereocenters. The number of benzene rings is 1. The number of nitrogens with zero attached hydrogens (tertiary/aromatic N) is 1. The summed E-state index contributed by atoms with van der Waals surface area (Å²) in [6, 6.07) is 6.89. The average Bonchev–Trinajstić information content (AvgIpc) is 2.25. The van der Waals surface area contributed by atoms with Crippen LogP contribution in [0.1, 0.15) is 11.6 Å². The lowest BCUT2D eigenvalue weighted by atomic mass is 10.1. The standard InChI is InChI=1S/C11H15N3O3/c1-14(2)13-11(17)12-9(10(15)16)8-6-4-3-5-7-8/h3-7,9H,1-2H3,(H,15,16)(H2,12,13,17)/t9-/m0/s1. The summed E-state index contributed by atoms with van der Waals surface area (Å²) >= 11 is 0. The van der Waals surface area contributed by atoms with E-state index in [0.29, 0.717) is 5.56 Å². The fourth-order valence-corrected chi connectivity index (χ4v) is 1.30. The number of carbonyl (C=O) groups excluding carboxylic acids is 1. The Balaban J connectivity index is 2.75. The van der Waals surface area contributed by atoms with Gasteiger partial charge >= 0.3 is 12.0 Å². The second-order valence-electron chi connectivity index (χ2n) is 3.66. The Bertz CT molecular complexity index is 392. The highest BCUT2D eigenvalue weighted by molar-refractivity contribution is 5.83. The molecule has 0 aliphatic rings. The van der Waals surface area contributed by atoms with E-state index in [1.54, 1.807) is 44.4 Å². The topological polar surface area (TPSA) is 81.7 Å². The molecule has 0 saturated carbocycles. The largest absolute Gasteiger partial charge is 0.479 e. The molecule has 0 heterocycles. The minimum absolute atomic E-state index is 0.522. The van der Waals surface area contributed by atoms with Crippen molar-refractivity contribution in [1.29, 1.82) is 0 Å². The number of rotatable bonds is 4. The lowest BCUT2D eigenvalue weighted by molar-refractivity contribution is -0.139. The highest BCUT2D eigenvalue weighted by atomic mass is 16.4. The quantitative estimate of drug-likeness (QED) is 0.669. The van der Waals surface area contributed by atoms with Crippen molar-refractivity contribution in [3.05, 3.63) is 35.9 Å². The van der Waals surface area contributed by atoms with E-state index in [1.807, 2.05) is 0 Å². The Hall–Kier alpha value is -2.08. The zero-order valence-corrected chi connectivity index (χ0v) is 9.68. The summed E-state index contributed by atoms with van der Waals surface area (Å²) in [6.07, 6.45) is 0. The minimum Gasteiger partial charge on any atom is -0.479 e. The van der Waals surface area contributed by atoms with Crippen LogP contribution in [0.15, 0.2) is 30.3 Å². The number of amides is 2. The summed E-state index contributed by atoms with van der Waals surface area (Å²) in [4.78, 5) is 22.5. The Labute approximate surface area is 99.2 Å². The van der Waals surface area contributed by atoms with E-state index in [-0.39, 0.29) is 0 Å². The van der Waals surface area contributed by atoms with Crippen molar-refractivity contribution < 1.29 is 14.7 Å². The van der Waals surface area contributed by atoms with Gasteiger partial charge in [-0.15, -0.1) is 0 Å². The molecule has 0 aliphatic carbocycles. The van der Waals surface area contributed by atoms with Crippen LogP contribution >= 0.6 is 0 Å². The number of carboxylic acid groups (broad SMARTS) is 1. The fourth-order valence-electron chi connectivity index (χ4n) is 1.30. The van der Waals surface area contributed by atoms with Crippen LogP contribution in [0.3, 0.4) is 0 Å².